The zero-order chi connectivity index (χ0) is 14.5. The minimum Gasteiger partial charge on any atom is -0.464 e. The van der Waals surface area contributed by atoms with Gasteiger partial charge in [-0.3, -0.25) is 4.79 Å². The van der Waals surface area contributed by atoms with Crippen LogP contribution in [0.3, 0.4) is 0 Å². The second-order valence-electron chi connectivity index (χ2n) is 4.61. The Morgan fingerprint density at radius 3 is 2.95 bits per heavy atom. The standard InChI is InChI=1S/C14H17FN2O3/c1-2-20-14(19)11-7-3-4-9-17(11)13(18)10-6-5-8-12(15)16-10/h5-6,8,11H,2-4,7,9H2,1H3. The smallest absolute Gasteiger partial charge is 0.328 e. The lowest BCUT2D eigenvalue weighted by atomic mass is 10.0. The topological polar surface area (TPSA) is 59.5 Å². The van der Waals surface area contributed by atoms with Crippen LogP contribution < -0.4 is 0 Å². The van der Waals surface area contributed by atoms with Crippen LogP contribution >= 0.6 is 0 Å². The van der Waals surface area contributed by atoms with Crippen molar-refractivity contribution >= 4 is 11.9 Å². The van der Waals surface area contributed by atoms with Crippen LogP contribution in [-0.2, 0) is 9.53 Å². The van der Waals surface area contributed by atoms with E-state index in [0.29, 0.717) is 13.0 Å². The molecule has 0 radical (unpaired) electrons. The van der Waals surface area contributed by atoms with E-state index in [2.05, 4.69) is 4.98 Å². The molecule has 1 aliphatic heterocycles. The van der Waals surface area contributed by atoms with Gasteiger partial charge in [0, 0.05) is 6.54 Å². The maximum Gasteiger partial charge on any atom is 0.328 e. The second kappa shape index (κ2) is 6.45. The Hall–Kier alpha value is -1.98. The summed E-state index contributed by atoms with van der Waals surface area (Å²) in [6.45, 7) is 2.46. The molecule has 20 heavy (non-hydrogen) atoms. The van der Waals surface area contributed by atoms with Gasteiger partial charge in [-0.15, -0.1) is 0 Å². The number of hydrogen-bond acceptors (Lipinski definition) is 4. The van der Waals surface area contributed by atoms with Crippen LogP contribution in [0.4, 0.5) is 4.39 Å². The average Bonchev–Trinajstić information content (AvgIpc) is 2.47. The lowest BCUT2D eigenvalue weighted by molar-refractivity contribution is -0.149. The molecule has 2 rings (SSSR count). The first-order valence-electron chi connectivity index (χ1n) is 6.73. The van der Waals surface area contributed by atoms with E-state index in [1.54, 1.807) is 6.92 Å². The average molecular weight is 280 g/mol. The lowest BCUT2D eigenvalue weighted by Gasteiger charge is -2.33. The fourth-order valence-electron chi connectivity index (χ4n) is 2.33. The van der Waals surface area contributed by atoms with Gasteiger partial charge in [0.2, 0.25) is 5.95 Å². The molecule has 0 N–H and O–H groups in total. The minimum absolute atomic E-state index is 0.0150. The van der Waals surface area contributed by atoms with Crippen molar-refractivity contribution in [1.82, 2.24) is 9.88 Å². The molecule has 1 aliphatic rings. The van der Waals surface area contributed by atoms with E-state index < -0.39 is 23.9 Å². The minimum atomic E-state index is -0.708. The summed E-state index contributed by atoms with van der Waals surface area (Å²) >= 11 is 0. The molecule has 1 atom stereocenters. The quantitative estimate of drug-likeness (QED) is 0.625. The maximum atomic E-state index is 13.1. The summed E-state index contributed by atoms with van der Waals surface area (Å²) in [5.41, 5.74) is 0.0150. The normalized spacial score (nSPS) is 18.7. The number of esters is 1. The second-order valence-corrected chi connectivity index (χ2v) is 4.61. The van der Waals surface area contributed by atoms with Crippen LogP contribution in [0.15, 0.2) is 18.2 Å². The number of piperidine rings is 1. The number of likely N-dealkylation sites (tertiary alicyclic amines) is 1. The summed E-state index contributed by atoms with van der Waals surface area (Å²) in [6.07, 6.45) is 2.25. The summed E-state index contributed by atoms with van der Waals surface area (Å²) in [7, 11) is 0. The highest BCUT2D eigenvalue weighted by atomic mass is 19.1. The Bertz CT molecular complexity index is 507. The van der Waals surface area contributed by atoms with Crippen molar-refractivity contribution < 1.29 is 18.7 Å². The predicted octanol–water partition coefficient (Wildman–Crippen LogP) is 1.78. The summed E-state index contributed by atoms with van der Waals surface area (Å²) < 4.78 is 18.1. The van der Waals surface area contributed by atoms with Crippen molar-refractivity contribution in [2.45, 2.75) is 32.2 Å². The highest BCUT2D eigenvalue weighted by Gasteiger charge is 2.34. The first-order valence-corrected chi connectivity index (χ1v) is 6.73. The molecular formula is C14H17FN2O3. The van der Waals surface area contributed by atoms with Gasteiger partial charge in [0.05, 0.1) is 6.61 Å². The molecule has 1 amide bonds. The number of rotatable bonds is 3. The summed E-state index contributed by atoms with van der Waals surface area (Å²) in [4.78, 5) is 29.3. The van der Waals surface area contributed by atoms with Crippen molar-refractivity contribution in [2.75, 3.05) is 13.2 Å². The Morgan fingerprint density at radius 2 is 2.25 bits per heavy atom. The van der Waals surface area contributed by atoms with Crippen LogP contribution in [0.2, 0.25) is 0 Å². The zero-order valence-electron chi connectivity index (χ0n) is 11.3. The van der Waals surface area contributed by atoms with Crippen molar-refractivity contribution in [3.8, 4) is 0 Å². The molecule has 5 nitrogen and oxygen atoms in total. The molecule has 108 valence electrons. The Kier molecular flexibility index (Phi) is 4.65. The third-order valence-electron chi connectivity index (χ3n) is 3.26. The fourth-order valence-corrected chi connectivity index (χ4v) is 2.33. The van der Waals surface area contributed by atoms with Crippen LogP contribution in [0.25, 0.3) is 0 Å². The molecule has 0 aromatic carbocycles. The number of amides is 1. The largest absolute Gasteiger partial charge is 0.464 e. The third kappa shape index (κ3) is 3.12. The number of carbonyl (C=O) groups excluding carboxylic acids is 2. The van der Waals surface area contributed by atoms with E-state index in [1.165, 1.54) is 23.1 Å². The Balaban J connectivity index is 2.19. The number of halogens is 1. The lowest BCUT2D eigenvalue weighted by Crippen LogP contribution is -2.48. The molecule has 1 aromatic rings. The molecule has 2 heterocycles. The van der Waals surface area contributed by atoms with Gasteiger partial charge >= 0.3 is 5.97 Å². The summed E-state index contributed by atoms with van der Waals surface area (Å²) in [5.74, 6) is -1.54. The van der Waals surface area contributed by atoms with E-state index in [1.807, 2.05) is 0 Å². The van der Waals surface area contributed by atoms with Gasteiger partial charge < -0.3 is 9.64 Å². The van der Waals surface area contributed by atoms with Crippen molar-refractivity contribution in [2.24, 2.45) is 0 Å². The molecule has 6 heteroatoms. The first-order chi connectivity index (χ1) is 9.63. The van der Waals surface area contributed by atoms with Gasteiger partial charge in [0.1, 0.15) is 11.7 Å². The highest BCUT2D eigenvalue weighted by Crippen LogP contribution is 2.20. The third-order valence-corrected chi connectivity index (χ3v) is 3.26. The van der Waals surface area contributed by atoms with E-state index >= 15 is 0 Å². The summed E-state index contributed by atoms with van der Waals surface area (Å²) in [6, 6.07) is 3.46. The van der Waals surface area contributed by atoms with Crippen molar-refractivity contribution in [3.05, 3.63) is 29.8 Å². The van der Waals surface area contributed by atoms with E-state index in [9.17, 15) is 14.0 Å². The fraction of sp³-hybridized carbons (Fsp3) is 0.500. The summed E-state index contributed by atoms with van der Waals surface area (Å²) in [5, 5.41) is 0. The number of nitrogens with zero attached hydrogens (tertiary/aromatic N) is 2. The molecule has 0 spiro atoms. The van der Waals surface area contributed by atoms with Gasteiger partial charge in [-0.05, 0) is 38.3 Å². The van der Waals surface area contributed by atoms with Crippen LogP contribution in [-0.4, -0.2) is 41.0 Å². The van der Waals surface area contributed by atoms with Gasteiger partial charge in [-0.2, -0.15) is 4.39 Å². The predicted molar refractivity (Wildman–Crippen MR) is 69.5 cm³/mol. The number of hydrogen-bond donors (Lipinski definition) is 0. The number of ether oxygens (including phenoxy) is 1. The van der Waals surface area contributed by atoms with Gasteiger partial charge in [-0.1, -0.05) is 6.07 Å². The van der Waals surface area contributed by atoms with E-state index in [-0.39, 0.29) is 12.3 Å². The highest BCUT2D eigenvalue weighted by molar-refractivity contribution is 5.95. The molecule has 0 saturated carbocycles. The van der Waals surface area contributed by atoms with E-state index in [0.717, 1.165) is 12.8 Å². The van der Waals surface area contributed by atoms with E-state index in [4.69, 9.17) is 4.74 Å². The van der Waals surface area contributed by atoms with Gasteiger partial charge in [0.25, 0.3) is 5.91 Å². The van der Waals surface area contributed by atoms with Crippen molar-refractivity contribution in [1.29, 1.82) is 0 Å². The molecule has 1 fully saturated rings. The molecule has 1 aromatic heterocycles. The van der Waals surface area contributed by atoms with Crippen LogP contribution in [0, 0.1) is 5.95 Å². The maximum absolute atomic E-state index is 13.1. The van der Waals surface area contributed by atoms with Gasteiger partial charge in [0.15, 0.2) is 0 Å². The molecular weight excluding hydrogens is 263 g/mol. The first kappa shape index (κ1) is 14.4. The van der Waals surface area contributed by atoms with Crippen LogP contribution in [0.1, 0.15) is 36.7 Å². The molecule has 0 aliphatic carbocycles. The van der Waals surface area contributed by atoms with Gasteiger partial charge in [-0.25, -0.2) is 9.78 Å². The van der Waals surface area contributed by atoms with Crippen LogP contribution in [0.5, 0.6) is 0 Å². The zero-order valence-corrected chi connectivity index (χ0v) is 11.3. The SMILES string of the molecule is CCOC(=O)C1CCCCN1C(=O)c1cccc(F)n1. The number of carbonyl (C=O) groups is 2. The Morgan fingerprint density at radius 1 is 1.45 bits per heavy atom. The number of aromatic nitrogens is 1. The molecule has 1 saturated heterocycles. The number of pyridine rings is 1. The van der Waals surface area contributed by atoms with Crippen molar-refractivity contribution in [3.63, 3.8) is 0 Å². The Labute approximate surface area is 116 Å². The molecule has 0 bridgehead atoms. The molecule has 1 unspecified atom stereocenters. The monoisotopic (exact) mass is 280 g/mol.